The van der Waals surface area contributed by atoms with E-state index in [-0.39, 0.29) is 18.0 Å². The molecule has 3 aromatic rings. The Balaban J connectivity index is 1.49. The maximum Gasteiger partial charge on any atom is 0.270 e. The Kier molecular flexibility index (Phi) is 5.81. The van der Waals surface area contributed by atoms with Crippen LogP contribution in [-0.2, 0) is 16.0 Å². The number of hydrogen-bond acceptors (Lipinski definition) is 9. The van der Waals surface area contributed by atoms with Gasteiger partial charge in [0.1, 0.15) is 0 Å². The van der Waals surface area contributed by atoms with Crippen molar-refractivity contribution < 1.29 is 24.1 Å². The molecule has 30 heavy (non-hydrogen) atoms. The minimum Gasteiger partial charge on any atom is -0.493 e. The highest BCUT2D eigenvalue weighted by molar-refractivity contribution is 7.13. The molecule has 0 unspecified atom stereocenters. The van der Waals surface area contributed by atoms with Crippen molar-refractivity contribution in [1.29, 1.82) is 0 Å². The number of aromatic hydroxyl groups is 1. The summed E-state index contributed by atoms with van der Waals surface area (Å²) in [4.78, 5) is 21.7. The van der Waals surface area contributed by atoms with E-state index in [9.17, 15) is 9.90 Å². The normalized spacial score (nSPS) is 14.5. The standard InChI is InChI=1S/C19H21N5O5S/c1-27-14-8-12-13(9-15(14)28-2)21-18(26)17(12)23-22-16(25)7-11-10-30-19(20-11)24-3-5-29-6-4-24/h8-10,21,26H,3-7H2,1-2H3. The van der Waals surface area contributed by atoms with Gasteiger partial charge in [-0.3, -0.25) is 4.79 Å². The number of morpholine rings is 1. The number of aromatic amines is 1. The first kappa shape index (κ1) is 20.1. The molecule has 0 radical (unpaired) electrons. The second kappa shape index (κ2) is 8.67. The number of ether oxygens (including phenoxy) is 3. The van der Waals surface area contributed by atoms with E-state index >= 15 is 0 Å². The number of nitrogens with one attached hydrogen (secondary N) is 1. The fourth-order valence-corrected chi connectivity index (χ4v) is 4.05. The number of aromatic nitrogens is 2. The lowest BCUT2D eigenvalue weighted by atomic mass is 10.2. The van der Waals surface area contributed by atoms with Gasteiger partial charge in [-0.1, -0.05) is 0 Å². The average molecular weight is 431 g/mol. The van der Waals surface area contributed by atoms with Gasteiger partial charge in [-0.05, 0) is 6.07 Å². The molecule has 0 saturated carbocycles. The Hall–Kier alpha value is -3.18. The number of H-pyrrole nitrogens is 1. The molecule has 1 saturated heterocycles. The van der Waals surface area contributed by atoms with Gasteiger partial charge in [-0.2, -0.15) is 0 Å². The van der Waals surface area contributed by atoms with Crippen molar-refractivity contribution in [3.8, 4) is 17.4 Å². The van der Waals surface area contributed by atoms with Crippen LogP contribution in [0.4, 0.5) is 10.8 Å². The molecule has 3 heterocycles. The van der Waals surface area contributed by atoms with E-state index < -0.39 is 5.91 Å². The van der Waals surface area contributed by atoms with Gasteiger partial charge in [0.25, 0.3) is 5.91 Å². The number of benzene rings is 1. The number of methoxy groups -OCH3 is 2. The largest absolute Gasteiger partial charge is 0.493 e. The summed E-state index contributed by atoms with van der Waals surface area (Å²) in [7, 11) is 3.04. The van der Waals surface area contributed by atoms with Gasteiger partial charge in [0.05, 0.1) is 45.1 Å². The molecule has 1 aliphatic rings. The van der Waals surface area contributed by atoms with E-state index in [1.807, 2.05) is 5.38 Å². The third-order valence-electron chi connectivity index (χ3n) is 4.67. The summed E-state index contributed by atoms with van der Waals surface area (Å²) in [5, 5.41) is 21.2. The predicted molar refractivity (Wildman–Crippen MR) is 111 cm³/mol. The van der Waals surface area contributed by atoms with Gasteiger partial charge >= 0.3 is 0 Å². The number of rotatable bonds is 6. The number of carbonyl (C=O) groups is 1. The molecular weight excluding hydrogens is 410 g/mol. The highest BCUT2D eigenvalue weighted by Gasteiger charge is 2.17. The number of nitrogens with zero attached hydrogens (tertiary/aromatic N) is 4. The van der Waals surface area contributed by atoms with E-state index in [0.29, 0.717) is 41.3 Å². The van der Waals surface area contributed by atoms with Gasteiger partial charge in [0, 0.05) is 29.9 Å². The predicted octanol–water partition coefficient (Wildman–Crippen LogP) is 3.04. The molecule has 4 rings (SSSR count). The molecule has 0 aliphatic carbocycles. The van der Waals surface area contributed by atoms with Crippen molar-refractivity contribution in [3.63, 3.8) is 0 Å². The van der Waals surface area contributed by atoms with Gasteiger partial charge < -0.3 is 29.2 Å². The first-order valence-corrected chi connectivity index (χ1v) is 10.2. The zero-order valence-corrected chi connectivity index (χ0v) is 17.4. The van der Waals surface area contributed by atoms with Crippen molar-refractivity contribution >= 4 is 39.0 Å². The van der Waals surface area contributed by atoms with E-state index in [4.69, 9.17) is 14.2 Å². The van der Waals surface area contributed by atoms with Crippen molar-refractivity contribution in [2.45, 2.75) is 6.42 Å². The molecule has 2 aromatic heterocycles. The molecule has 0 spiro atoms. The Bertz CT molecular complexity index is 1090. The smallest absolute Gasteiger partial charge is 0.270 e. The Labute approximate surface area is 176 Å². The number of amides is 1. The number of thiazole rings is 1. The Morgan fingerprint density at radius 3 is 2.77 bits per heavy atom. The number of fused-ring (bicyclic) bond motifs is 1. The highest BCUT2D eigenvalue weighted by atomic mass is 32.1. The molecule has 1 amide bonds. The molecule has 10 nitrogen and oxygen atoms in total. The van der Waals surface area contributed by atoms with Crippen LogP contribution in [0.25, 0.3) is 10.9 Å². The fraction of sp³-hybridized carbons (Fsp3) is 0.368. The minimum atomic E-state index is -0.456. The topological polar surface area (TPSA) is 122 Å². The van der Waals surface area contributed by atoms with Gasteiger partial charge in [-0.15, -0.1) is 21.6 Å². The van der Waals surface area contributed by atoms with E-state index in [1.54, 1.807) is 12.1 Å². The summed E-state index contributed by atoms with van der Waals surface area (Å²) < 4.78 is 15.9. The zero-order valence-electron chi connectivity index (χ0n) is 16.5. The molecule has 11 heteroatoms. The van der Waals surface area contributed by atoms with Crippen LogP contribution >= 0.6 is 11.3 Å². The van der Waals surface area contributed by atoms with Crippen LogP contribution in [-0.4, -0.2) is 61.5 Å². The van der Waals surface area contributed by atoms with Crippen molar-refractivity contribution in [2.75, 3.05) is 45.4 Å². The molecule has 1 fully saturated rings. The molecule has 0 atom stereocenters. The van der Waals surface area contributed by atoms with Gasteiger partial charge in [0.15, 0.2) is 22.3 Å². The van der Waals surface area contributed by atoms with Crippen LogP contribution in [0.2, 0.25) is 0 Å². The average Bonchev–Trinajstić information content (AvgIpc) is 3.35. The quantitative estimate of drug-likeness (QED) is 0.575. The van der Waals surface area contributed by atoms with Crippen molar-refractivity contribution in [3.05, 3.63) is 23.2 Å². The molecule has 1 aliphatic heterocycles. The Morgan fingerprint density at radius 2 is 2.03 bits per heavy atom. The van der Waals surface area contributed by atoms with E-state index in [1.165, 1.54) is 25.6 Å². The second-order valence-corrected chi connectivity index (χ2v) is 7.40. The van der Waals surface area contributed by atoms with Crippen LogP contribution in [0.3, 0.4) is 0 Å². The molecule has 158 valence electrons. The van der Waals surface area contributed by atoms with Crippen LogP contribution in [0.5, 0.6) is 17.4 Å². The highest BCUT2D eigenvalue weighted by Crippen LogP contribution is 2.41. The third kappa shape index (κ3) is 4.07. The first-order valence-electron chi connectivity index (χ1n) is 9.27. The maximum absolute atomic E-state index is 12.3. The zero-order chi connectivity index (χ0) is 21.1. The lowest BCUT2D eigenvalue weighted by molar-refractivity contribution is -0.117. The van der Waals surface area contributed by atoms with Gasteiger partial charge in [0.2, 0.25) is 5.88 Å². The SMILES string of the molecule is COc1cc2[nH]c(O)c(N=NC(=O)Cc3csc(N4CCOCC4)n3)c2cc1OC. The Morgan fingerprint density at radius 1 is 1.30 bits per heavy atom. The summed E-state index contributed by atoms with van der Waals surface area (Å²) in [6.07, 6.45) is 0.0323. The molecule has 2 N–H and O–H groups in total. The molecule has 1 aromatic carbocycles. The van der Waals surface area contributed by atoms with Crippen LogP contribution in [0.15, 0.2) is 27.7 Å². The summed E-state index contributed by atoms with van der Waals surface area (Å²) >= 11 is 1.49. The summed E-state index contributed by atoms with van der Waals surface area (Å²) in [6, 6.07) is 3.34. The molecular formula is C19H21N5O5S. The van der Waals surface area contributed by atoms with Crippen molar-refractivity contribution in [2.24, 2.45) is 10.2 Å². The van der Waals surface area contributed by atoms with Gasteiger partial charge in [-0.25, -0.2) is 4.98 Å². The fourth-order valence-electron chi connectivity index (χ4n) is 3.17. The van der Waals surface area contributed by atoms with E-state index in [2.05, 4.69) is 25.1 Å². The van der Waals surface area contributed by atoms with Crippen LogP contribution in [0, 0.1) is 0 Å². The maximum atomic E-state index is 12.3. The number of hydrogen-bond donors (Lipinski definition) is 2. The molecule has 0 bridgehead atoms. The number of azo groups is 1. The summed E-state index contributed by atoms with van der Waals surface area (Å²) in [5.74, 6) is 0.332. The van der Waals surface area contributed by atoms with Crippen LogP contribution in [0.1, 0.15) is 5.69 Å². The lowest BCUT2D eigenvalue weighted by Gasteiger charge is -2.25. The third-order valence-corrected chi connectivity index (χ3v) is 5.62. The summed E-state index contributed by atoms with van der Waals surface area (Å²) in [5.41, 5.74) is 1.38. The lowest BCUT2D eigenvalue weighted by Crippen LogP contribution is -2.36. The number of anilines is 1. The minimum absolute atomic E-state index is 0.0323. The van der Waals surface area contributed by atoms with Crippen molar-refractivity contribution in [1.82, 2.24) is 9.97 Å². The second-order valence-electron chi connectivity index (χ2n) is 6.57. The van der Waals surface area contributed by atoms with Crippen LogP contribution < -0.4 is 14.4 Å². The number of carbonyl (C=O) groups excluding carboxylic acids is 1. The summed E-state index contributed by atoms with van der Waals surface area (Å²) in [6.45, 7) is 2.92. The monoisotopic (exact) mass is 431 g/mol. The van der Waals surface area contributed by atoms with E-state index in [0.717, 1.165) is 18.2 Å². The first-order chi connectivity index (χ1) is 14.6.